The molecular weight excluding hydrogens is 193 g/mol. The molecule has 0 aliphatic rings. The van der Waals surface area contributed by atoms with Crippen molar-refractivity contribution in [3.63, 3.8) is 0 Å². The Morgan fingerprint density at radius 1 is 1.27 bits per heavy atom. The predicted molar refractivity (Wildman–Crippen MR) is 60.5 cm³/mol. The second-order valence-corrected chi connectivity index (χ2v) is 3.56. The Balaban J connectivity index is 2.95. The molecular formula is C12H18FNO. The van der Waals surface area contributed by atoms with E-state index in [-0.39, 0.29) is 12.4 Å². The molecule has 0 heterocycles. The molecule has 15 heavy (non-hydrogen) atoms. The third-order valence-corrected chi connectivity index (χ3v) is 2.37. The van der Waals surface area contributed by atoms with Crippen molar-refractivity contribution in [2.24, 2.45) is 0 Å². The van der Waals surface area contributed by atoms with Crippen molar-refractivity contribution < 1.29 is 9.50 Å². The monoisotopic (exact) mass is 211 g/mol. The smallest absolute Gasteiger partial charge is 0.125 e. The average Bonchev–Trinajstić information content (AvgIpc) is 2.24. The number of rotatable bonds is 5. The van der Waals surface area contributed by atoms with Crippen LogP contribution in [0.2, 0.25) is 0 Å². The van der Waals surface area contributed by atoms with Crippen molar-refractivity contribution in [1.82, 2.24) is 0 Å². The summed E-state index contributed by atoms with van der Waals surface area (Å²) in [5, 5.41) is 8.99. The highest BCUT2D eigenvalue weighted by molar-refractivity contribution is 5.48. The van der Waals surface area contributed by atoms with E-state index in [0.717, 1.165) is 25.2 Å². The van der Waals surface area contributed by atoms with Crippen LogP contribution < -0.4 is 4.90 Å². The van der Waals surface area contributed by atoms with Gasteiger partial charge in [0.1, 0.15) is 5.82 Å². The molecule has 2 nitrogen and oxygen atoms in total. The Labute approximate surface area is 90.3 Å². The standard InChI is InChI=1S/C12H18FNO/c1-3-5-14(4-2)12-7-10(9-15)6-11(13)8-12/h6-8,15H,3-5,9H2,1-2H3. The van der Waals surface area contributed by atoms with E-state index in [1.165, 1.54) is 12.1 Å². The van der Waals surface area contributed by atoms with Crippen molar-refractivity contribution in [3.8, 4) is 0 Å². The topological polar surface area (TPSA) is 23.5 Å². The molecule has 1 rings (SSSR count). The van der Waals surface area contributed by atoms with Crippen molar-refractivity contribution in [2.75, 3.05) is 18.0 Å². The van der Waals surface area contributed by atoms with Crippen LogP contribution in [-0.2, 0) is 6.61 Å². The molecule has 0 radical (unpaired) electrons. The van der Waals surface area contributed by atoms with Crippen molar-refractivity contribution >= 4 is 5.69 Å². The summed E-state index contributed by atoms with van der Waals surface area (Å²) < 4.78 is 13.2. The molecule has 0 bridgehead atoms. The highest BCUT2D eigenvalue weighted by atomic mass is 19.1. The first-order valence-electron chi connectivity index (χ1n) is 5.36. The highest BCUT2D eigenvalue weighted by Gasteiger charge is 2.06. The fourth-order valence-corrected chi connectivity index (χ4v) is 1.65. The van der Waals surface area contributed by atoms with Gasteiger partial charge in [-0.3, -0.25) is 0 Å². The van der Waals surface area contributed by atoms with Gasteiger partial charge in [0.25, 0.3) is 0 Å². The number of aliphatic hydroxyl groups is 1. The van der Waals surface area contributed by atoms with E-state index < -0.39 is 0 Å². The van der Waals surface area contributed by atoms with E-state index in [2.05, 4.69) is 11.8 Å². The van der Waals surface area contributed by atoms with Crippen LogP contribution in [0.4, 0.5) is 10.1 Å². The fraction of sp³-hybridized carbons (Fsp3) is 0.500. The lowest BCUT2D eigenvalue weighted by Gasteiger charge is -2.23. The van der Waals surface area contributed by atoms with Crippen molar-refractivity contribution in [3.05, 3.63) is 29.6 Å². The maximum Gasteiger partial charge on any atom is 0.125 e. The molecule has 3 heteroatoms. The van der Waals surface area contributed by atoms with E-state index >= 15 is 0 Å². The van der Waals surface area contributed by atoms with Crippen LogP contribution in [0, 0.1) is 5.82 Å². The summed E-state index contributed by atoms with van der Waals surface area (Å²) in [6.07, 6.45) is 1.03. The van der Waals surface area contributed by atoms with E-state index in [9.17, 15) is 4.39 Å². The van der Waals surface area contributed by atoms with Gasteiger partial charge in [-0.1, -0.05) is 6.92 Å². The van der Waals surface area contributed by atoms with Crippen LogP contribution in [0.5, 0.6) is 0 Å². The van der Waals surface area contributed by atoms with Crippen molar-refractivity contribution in [2.45, 2.75) is 26.9 Å². The molecule has 0 spiro atoms. The normalized spacial score (nSPS) is 10.4. The molecule has 0 unspecified atom stereocenters. The molecule has 0 aliphatic heterocycles. The minimum atomic E-state index is -0.286. The first-order chi connectivity index (χ1) is 7.21. The van der Waals surface area contributed by atoms with Crippen LogP contribution >= 0.6 is 0 Å². The second kappa shape index (κ2) is 5.71. The Kier molecular flexibility index (Phi) is 4.56. The van der Waals surface area contributed by atoms with Gasteiger partial charge in [0, 0.05) is 18.8 Å². The quantitative estimate of drug-likeness (QED) is 0.809. The zero-order valence-electron chi connectivity index (χ0n) is 9.33. The molecule has 0 saturated carbocycles. The lowest BCUT2D eigenvalue weighted by atomic mass is 10.2. The van der Waals surface area contributed by atoms with E-state index in [4.69, 9.17) is 5.11 Å². The molecule has 1 N–H and O–H groups in total. The number of anilines is 1. The summed E-state index contributed by atoms with van der Waals surface area (Å²) in [4.78, 5) is 2.10. The molecule has 0 saturated heterocycles. The average molecular weight is 211 g/mol. The zero-order valence-corrected chi connectivity index (χ0v) is 9.33. The van der Waals surface area contributed by atoms with Gasteiger partial charge in [-0.2, -0.15) is 0 Å². The number of halogens is 1. The zero-order chi connectivity index (χ0) is 11.3. The summed E-state index contributed by atoms with van der Waals surface area (Å²) >= 11 is 0. The minimum Gasteiger partial charge on any atom is -0.392 e. The van der Waals surface area contributed by atoms with Crippen LogP contribution in [0.15, 0.2) is 18.2 Å². The van der Waals surface area contributed by atoms with E-state index in [0.29, 0.717) is 5.56 Å². The lowest BCUT2D eigenvalue weighted by Crippen LogP contribution is -2.23. The number of hydrogen-bond donors (Lipinski definition) is 1. The molecule has 0 aromatic heterocycles. The molecule has 1 aromatic carbocycles. The van der Waals surface area contributed by atoms with Crippen molar-refractivity contribution in [1.29, 1.82) is 0 Å². The van der Waals surface area contributed by atoms with Gasteiger partial charge in [0.2, 0.25) is 0 Å². The van der Waals surface area contributed by atoms with Gasteiger partial charge < -0.3 is 10.0 Å². The van der Waals surface area contributed by atoms with Crippen LogP contribution in [-0.4, -0.2) is 18.2 Å². The number of hydrogen-bond acceptors (Lipinski definition) is 2. The lowest BCUT2D eigenvalue weighted by molar-refractivity contribution is 0.281. The first-order valence-corrected chi connectivity index (χ1v) is 5.36. The summed E-state index contributed by atoms with van der Waals surface area (Å²) in [6.45, 7) is 5.77. The van der Waals surface area contributed by atoms with Crippen LogP contribution in [0.1, 0.15) is 25.8 Å². The summed E-state index contributed by atoms with van der Waals surface area (Å²) in [5.74, 6) is -0.286. The Bertz CT molecular complexity index is 314. The summed E-state index contributed by atoms with van der Waals surface area (Å²) in [7, 11) is 0. The molecule has 0 amide bonds. The van der Waals surface area contributed by atoms with Gasteiger partial charge in [-0.05, 0) is 37.1 Å². The van der Waals surface area contributed by atoms with E-state index in [1.54, 1.807) is 0 Å². The van der Waals surface area contributed by atoms with Crippen LogP contribution in [0.3, 0.4) is 0 Å². The highest BCUT2D eigenvalue weighted by Crippen LogP contribution is 2.18. The van der Waals surface area contributed by atoms with Gasteiger partial charge in [-0.15, -0.1) is 0 Å². The third-order valence-electron chi connectivity index (χ3n) is 2.37. The van der Waals surface area contributed by atoms with Gasteiger partial charge in [-0.25, -0.2) is 4.39 Å². The van der Waals surface area contributed by atoms with Crippen LogP contribution in [0.25, 0.3) is 0 Å². The molecule has 1 aromatic rings. The number of benzene rings is 1. The molecule has 0 atom stereocenters. The Morgan fingerprint density at radius 2 is 2.00 bits per heavy atom. The minimum absolute atomic E-state index is 0.117. The van der Waals surface area contributed by atoms with Gasteiger partial charge in [0.05, 0.1) is 6.61 Å². The van der Waals surface area contributed by atoms with Gasteiger partial charge >= 0.3 is 0 Å². The third kappa shape index (κ3) is 3.20. The largest absolute Gasteiger partial charge is 0.392 e. The Morgan fingerprint density at radius 3 is 2.53 bits per heavy atom. The molecule has 84 valence electrons. The maximum atomic E-state index is 13.2. The Hall–Kier alpha value is -1.09. The fourth-order valence-electron chi connectivity index (χ4n) is 1.65. The number of aliphatic hydroxyl groups excluding tert-OH is 1. The van der Waals surface area contributed by atoms with E-state index in [1.807, 2.05) is 13.0 Å². The maximum absolute atomic E-state index is 13.2. The summed E-state index contributed by atoms with van der Waals surface area (Å²) in [5.41, 5.74) is 1.47. The molecule has 0 aliphatic carbocycles. The summed E-state index contributed by atoms with van der Waals surface area (Å²) in [6, 6.07) is 4.71. The predicted octanol–water partition coefficient (Wildman–Crippen LogP) is 2.55. The first kappa shape index (κ1) is 12.0. The SMILES string of the molecule is CCCN(CC)c1cc(F)cc(CO)c1. The second-order valence-electron chi connectivity index (χ2n) is 3.56. The van der Waals surface area contributed by atoms with Gasteiger partial charge in [0.15, 0.2) is 0 Å². The number of nitrogens with zero attached hydrogens (tertiary/aromatic N) is 1. The molecule has 0 fully saturated rings.